The highest BCUT2D eigenvalue weighted by Crippen LogP contribution is 2.12. The molecule has 0 saturated carbocycles. The zero-order valence-electron chi connectivity index (χ0n) is 10.1. The molecule has 17 heavy (non-hydrogen) atoms. The summed E-state index contributed by atoms with van der Waals surface area (Å²) in [5, 5.41) is 0. The van der Waals surface area contributed by atoms with Crippen LogP contribution in [0.5, 0.6) is 0 Å². The van der Waals surface area contributed by atoms with Crippen LogP contribution in [-0.2, 0) is 27.7 Å². The Bertz CT molecular complexity index is 309. The predicted octanol–water partition coefficient (Wildman–Crippen LogP) is 1.19. The molecule has 0 aliphatic heterocycles. The molecule has 0 fully saturated rings. The van der Waals surface area contributed by atoms with Crippen LogP contribution in [0.25, 0.3) is 0 Å². The van der Waals surface area contributed by atoms with Gasteiger partial charge in [-0.15, -0.1) is 6.58 Å². The molecule has 96 valence electrons. The highest BCUT2D eigenvalue weighted by Gasteiger charge is 2.46. The second-order valence-electron chi connectivity index (χ2n) is 3.35. The summed E-state index contributed by atoms with van der Waals surface area (Å²) in [5.74, 6) is -1.93. The molecule has 0 amide bonds. The molecule has 6 nitrogen and oxygen atoms in total. The van der Waals surface area contributed by atoms with Crippen molar-refractivity contribution in [2.24, 2.45) is 0 Å². The van der Waals surface area contributed by atoms with Crippen LogP contribution in [0.2, 0.25) is 6.55 Å². The van der Waals surface area contributed by atoms with E-state index in [1.807, 2.05) is 0 Å². The summed E-state index contributed by atoms with van der Waals surface area (Å²) >= 11 is 0. The Hall–Kier alpha value is -1.63. The molecule has 0 bridgehead atoms. The average Bonchev–Trinajstić information content (AvgIpc) is 2.10. The molecule has 0 aromatic rings. The number of hydrogen-bond donors (Lipinski definition) is 0. The van der Waals surface area contributed by atoms with Gasteiger partial charge in [0.25, 0.3) is 17.9 Å². The van der Waals surface area contributed by atoms with Crippen LogP contribution in [0.15, 0.2) is 12.7 Å². The van der Waals surface area contributed by atoms with Crippen LogP contribution in [0.4, 0.5) is 0 Å². The van der Waals surface area contributed by atoms with E-state index in [9.17, 15) is 14.4 Å². The third-order valence-electron chi connectivity index (χ3n) is 1.51. The second-order valence-corrected chi connectivity index (χ2v) is 5.69. The molecule has 0 rings (SSSR count). The lowest BCUT2D eigenvalue weighted by Crippen LogP contribution is -2.46. The van der Waals surface area contributed by atoms with Gasteiger partial charge in [-0.3, -0.25) is 14.4 Å². The number of carbonyl (C=O) groups excluding carboxylic acids is 3. The Kier molecular flexibility index (Phi) is 6.19. The molecule has 0 aliphatic rings. The van der Waals surface area contributed by atoms with Crippen molar-refractivity contribution in [3.8, 4) is 0 Å². The zero-order chi connectivity index (χ0) is 13.5. The summed E-state index contributed by atoms with van der Waals surface area (Å²) in [6.45, 7) is 7.06. The molecule has 0 aromatic heterocycles. The molecule has 0 spiro atoms. The zero-order valence-corrected chi connectivity index (χ0v) is 11.1. The standard InChI is InChI=1S/C10H16O6Si/c1-5-6-7-10(13)16-17(4,14-8(2)11)15-9(3)12/h5H,1,6-7H2,2-4H3. The largest absolute Gasteiger partial charge is 0.701 e. The van der Waals surface area contributed by atoms with Crippen molar-refractivity contribution in [1.29, 1.82) is 0 Å². The summed E-state index contributed by atoms with van der Waals surface area (Å²) in [5.41, 5.74) is 0. The minimum absolute atomic E-state index is 0.0919. The molecule has 0 N–H and O–H groups in total. The molecule has 0 unspecified atom stereocenters. The molecule has 0 radical (unpaired) electrons. The van der Waals surface area contributed by atoms with Crippen LogP contribution in [-0.4, -0.2) is 26.7 Å². The van der Waals surface area contributed by atoms with Crippen LogP contribution >= 0.6 is 0 Å². The van der Waals surface area contributed by atoms with Gasteiger partial charge in [0, 0.05) is 26.8 Å². The van der Waals surface area contributed by atoms with E-state index in [1.165, 1.54) is 6.55 Å². The smallest absolute Gasteiger partial charge is 0.455 e. The number of carbonyl (C=O) groups is 3. The van der Waals surface area contributed by atoms with E-state index in [-0.39, 0.29) is 6.42 Å². The van der Waals surface area contributed by atoms with E-state index in [1.54, 1.807) is 6.08 Å². The lowest BCUT2D eigenvalue weighted by Gasteiger charge is -2.22. The highest BCUT2D eigenvalue weighted by molar-refractivity contribution is 6.64. The maximum atomic E-state index is 11.4. The number of allylic oxidation sites excluding steroid dienone is 1. The van der Waals surface area contributed by atoms with Gasteiger partial charge in [-0.05, 0) is 6.42 Å². The Labute approximate surface area is 101 Å². The predicted molar refractivity (Wildman–Crippen MR) is 60.7 cm³/mol. The first kappa shape index (κ1) is 15.4. The summed E-state index contributed by atoms with van der Waals surface area (Å²) < 4.78 is 14.5. The van der Waals surface area contributed by atoms with Crippen LogP contribution < -0.4 is 0 Å². The fraction of sp³-hybridized carbons (Fsp3) is 0.500. The molecule has 0 aromatic carbocycles. The van der Waals surface area contributed by atoms with Gasteiger partial charge < -0.3 is 13.3 Å². The van der Waals surface area contributed by atoms with Gasteiger partial charge in [0.1, 0.15) is 0 Å². The molecular formula is C10H16O6Si. The van der Waals surface area contributed by atoms with Crippen LogP contribution in [0.3, 0.4) is 0 Å². The Morgan fingerprint density at radius 3 is 1.94 bits per heavy atom. The van der Waals surface area contributed by atoms with Crippen molar-refractivity contribution in [2.75, 3.05) is 0 Å². The van der Waals surface area contributed by atoms with Crippen molar-refractivity contribution in [2.45, 2.75) is 33.2 Å². The van der Waals surface area contributed by atoms with Gasteiger partial charge in [0.15, 0.2) is 0 Å². The first-order valence-electron chi connectivity index (χ1n) is 5.01. The summed E-state index contributed by atoms with van der Waals surface area (Å²) in [7, 11) is -3.57. The van der Waals surface area contributed by atoms with Crippen molar-refractivity contribution in [1.82, 2.24) is 0 Å². The van der Waals surface area contributed by atoms with E-state index in [0.29, 0.717) is 6.42 Å². The lowest BCUT2D eigenvalue weighted by molar-refractivity contribution is -0.148. The molecule has 0 aliphatic carbocycles. The molecule has 0 atom stereocenters. The molecule has 0 saturated heterocycles. The van der Waals surface area contributed by atoms with Crippen molar-refractivity contribution < 1.29 is 27.7 Å². The molecule has 7 heteroatoms. The van der Waals surface area contributed by atoms with Gasteiger partial charge in [-0.25, -0.2) is 0 Å². The van der Waals surface area contributed by atoms with Gasteiger partial charge in [-0.1, -0.05) is 6.08 Å². The SMILES string of the molecule is C=CCCC(=O)O[Si](C)(OC(C)=O)OC(C)=O. The van der Waals surface area contributed by atoms with Crippen molar-refractivity contribution in [3.05, 3.63) is 12.7 Å². The first-order chi connectivity index (χ1) is 7.79. The van der Waals surface area contributed by atoms with Crippen LogP contribution in [0, 0.1) is 0 Å². The fourth-order valence-electron chi connectivity index (χ4n) is 1.06. The maximum Gasteiger partial charge on any atom is 0.701 e. The van der Waals surface area contributed by atoms with Crippen molar-refractivity contribution >= 4 is 26.7 Å². The van der Waals surface area contributed by atoms with Gasteiger partial charge in [0.05, 0.1) is 0 Å². The highest BCUT2D eigenvalue weighted by atomic mass is 28.4. The molecule has 0 heterocycles. The summed E-state index contributed by atoms with van der Waals surface area (Å²) in [4.78, 5) is 33.1. The molecular weight excluding hydrogens is 244 g/mol. The van der Waals surface area contributed by atoms with E-state index in [4.69, 9.17) is 13.3 Å². The van der Waals surface area contributed by atoms with Gasteiger partial charge >= 0.3 is 8.80 Å². The summed E-state index contributed by atoms with van der Waals surface area (Å²) in [6.07, 6.45) is 2.08. The Balaban J connectivity index is 4.56. The third-order valence-corrected chi connectivity index (χ3v) is 3.43. The topological polar surface area (TPSA) is 78.9 Å². The normalized spacial score (nSPS) is 10.3. The first-order valence-corrected chi connectivity index (χ1v) is 7.23. The lowest BCUT2D eigenvalue weighted by atomic mass is 10.3. The monoisotopic (exact) mass is 260 g/mol. The fourth-order valence-corrected chi connectivity index (χ4v) is 2.75. The van der Waals surface area contributed by atoms with Gasteiger partial charge in [0.2, 0.25) is 0 Å². The maximum absolute atomic E-state index is 11.4. The third kappa shape index (κ3) is 7.29. The van der Waals surface area contributed by atoms with Gasteiger partial charge in [-0.2, -0.15) is 0 Å². The average molecular weight is 260 g/mol. The Morgan fingerprint density at radius 1 is 1.12 bits per heavy atom. The van der Waals surface area contributed by atoms with E-state index < -0.39 is 26.7 Å². The minimum Gasteiger partial charge on any atom is -0.455 e. The van der Waals surface area contributed by atoms with Crippen LogP contribution in [0.1, 0.15) is 26.7 Å². The summed E-state index contributed by atoms with van der Waals surface area (Å²) in [6, 6.07) is 0. The second kappa shape index (κ2) is 6.84. The quantitative estimate of drug-likeness (QED) is 0.527. The Morgan fingerprint density at radius 2 is 1.59 bits per heavy atom. The number of hydrogen-bond acceptors (Lipinski definition) is 6. The van der Waals surface area contributed by atoms with E-state index in [0.717, 1.165) is 13.8 Å². The van der Waals surface area contributed by atoms with E-state index >= 15 is 0 Å². The van der Waals surface area contributed by atoms with Crippen molar-refractivity contribution in [3.63, 3.8) is 0 Å². The van der Waals surface area contributed by atoms with E-state index in [2.05, 4.69) is 6.58 Å². The minimum atomic E-state index is -3.57. The number of rotatable bonds is 6.